The zero-order chi connectivity index (χ0) is 19.6. The first-order valence-corrected chi connectivity index (χ1v) is 10.1. The third-order valence-electron chi connectivity index (χ3n) is 5.71. The maximum absolute atomic E-state index is 12.5. The number of carbonyl (C=O) groups excluding carboxylic acids is 1. The summed E-state index contributed by atoms with van der Waals surface area (Å²) in [6.45, 7) is -0.0908. The predicted molar refractivity (Wildman–Crippen MR) is 114 cm³/mol. The van der Waals surface area contributed by atoms with E-state index in [0.717, 1.165) is 47.2 Å². The Morgan fingerprint density at radius 3 is 2.24 bits per heavy atom. The third-order valence-corrected chi connectivity index (χ3v) is 5.71. The quantitative estimate of drug-likeness (QED) is 0.523. The fourth-order valence-corrected chi connectivity index (χ4v) is 4.39. The van der Waals surface area contributed by atoms with Crippen molar-refractivity contribution in [3.63, 3.8) is 0 Å². The number of nitrogens with one attached hydrogen (secondary N) is 1. The maximum atomic E-state index is 12.5. The molecule has 0 heterocycles. The van der Waals surface area contributed by atoms with Gasteiger partial charge in [-0.1, -0.05) is 78.0 Å². The minimum absolute atomic E-state index is 0.0524. The van der Waals surface area contributed by atoms with E-state index in [0.29, 0.717) is 0 Å². The largest absolute Gasteiger partial charge is 0.385 e. The number of hydrogen-bond donors (Lipinski definition) is 1. The van der Waals surface area contributed by atoms with E-state index >= 15 is 0 Å². The lowest BCUT2D eigenvalue weighted by Crippen LogP contribution is -2.33. The van der Waals surface area contributed by atoms with Gasteiger partial charge >= 0.3 is 0 Å². The fraction of sp³-hybridized carbons (Fsp3) is 0.200. The Hall–Kier alpha value is -3.40. The molecule has 0 saturated carbocycles. The molecule has 3 aromatic rings. The Morgan fingerprint density at radius 2 is 1.52 bits per heavy atom. The molecule has 144 valence electrons. The van der Waals surface area contributed by atoms with Gasteiger partial charge in [0.1, 0.15) is 5.71 Å². The van der Waals surface area contributed by atoms with Gasteiger partial charge in [-0.2, -0.15) is 0 Å². The van der Waals surface area contributed by atoms with Crippen LogP contribution in [0.2, 0.25) is 0 Å². The van der Waals surface area contributed by atoms with Crippen molar-refractivity contribution in [2.24, 2.45) is 5.16 Å². The van der Waals surface area contributed by atoms with Crippen molar-refractivity contribution in [2.75, 3.05) is 6.61 Å². The van der Waals surface area contributed by atoms with E-state index in [2.05, 4.69) is 40.8 Å². The number of aryl methyl sites for hydroxylation is 1. The molecule has 4 nitrogen and oxygen atoms in total. The number of rotatable bonds is 4. The van der Waals surface area contributed by atoms with Crippen LogP contribution in [0.4, 0.5) is 0 Å². The molecule has 1 amide bonds. The van der Waals surface area contributed by atoms with E-state index in [4.69, 9.17) is 4.84 Å². The molecule has 1 atom stereocenters. The molecule has 0 aromatic heterocycles. The van der Waals surface area contributed by atoms with Gasteiger partial charge in [0.2, 0.25) is 0 Å². The van der Waals surface area contributed by atoms with Crippen molar-refractivity contribution < 1.29 is 9.63 Å². The van der Waals surface area contributed by atoms with E-state index in [1.165, 1.54) is 11.1 Å². The summed E-state index contributed by atoms with van der Waals surface area (Å²) in [4.78, 5) is 18.0. The summed E-state index contributed by atoms with van der Waals surface area (Å²) in [5, 5.41) is 7.44. The van der Waals surface area contributed by atoms with Crippen molar-refractivity contribution >= 4 is 11.6 Å². The fourth-order valence-electron chi connectivity index (χ4n) is 4.39. The van der Waals surface area contributed by atoms with E-state index in [1.807, 2.05) is 42.5 Å². The molecular formula is C25H22N2O2. The first kappa shape index (κ1) is 17.7. The maximum Gasteiger partial charge on any atom is 0.261 e. The molecule has 4 heteroatoms. The first-order valence-electron chi connectivity index (χ1n) is 10.1. The number of carbonyl (C=O) groups is 1. The van der Waals surface area contributed by atoms with Crippen LogP contribution in [0.15, 0.2) is 78.0 Å². The van der Waals surface area contributed by atoms with Gasteiger partial charge in [-0.3, -0.25) is 4.79 Å². The van der Waals surface area contributed by atoms with Crippen molar-refractivity contribution in [3.05, 3.63) is 95.1 Å². The van der Waals surface area contributed by atoms with Gasteiger partial charge in [0.25, 0.3) is 5.91 Å². The Balaban J connectivity index is 1.29. The van der Waals surface area contributed by atoms with Crippen LogP contribution < -0.4 is 5.32 Å². The minimum atomic E-state index is -0.143. The van der Waals surface area contributed by atoms with Crippen LogP contribution in [-0.2, 0) is 16.1 Å². The normalized spacial score (nSPS) is 16.4. The number of nitrogens with zero attached hydrogens (tertiary/aromatic N) is 1. The van der Waals surface area contributed by atoms with Gasteiger partial charge in [-0.15, -0.1) is 0 Å². The number of benzene rings is 3. The van der Waals surface area contributed by atoms with Crippen molar-refractivity contribution in [3.8, 4) is 11.1 Å². The Bertz CT molecular complexity index is 1060. The smallest absolute Gasteiger partial charge is 0.261 e. The summed E-state index contributed by atoms with van der Waals surface area (Å²) in [6, 6.07) is 24.7. The molecular weight excluding hydrogens is 360 g/mol. The average Bonchev–Trinajstić information content (AvgIpc) is 3.08. The second-order valence-corrected chi connectivity index (χ2v) is 7.52. The Kier molecular flexibility index (Phi) is 4.60. The molecule has 0 spiro atoms. The number of amides is 1. The highest BCUT2D eigenvalue weighted by Crippen LogP contribution is 2.36. The molecule has 3 aromatic carbocycles. The molecule has 0 radical (unpaired) electrons. The lowest BCUT2D eigenvalue weighted by atomic mass is 9.88. The molecule has 5 rings (SSSR count). The Labute approximate surface area is 170 Å². The molecule has 1 unspecified atom stereocenters. The van der Waals surface area contributed by atoms with Crippen molar-refractivity contribution in [2.45, 2.75) is 25.3 Å². The second kappa shape index (κ2) is 7.55. The molecule has 0 aliphatic heterocycles. The summed E-state index contributed by atoms with van der Waals surface area (Å²) >= 11 is 0. The van der Waals surface area contributed by atoms with E-state index < -0.39 is 0 Å². The summed E-state index contributed by atoms with van der Waals surface area (Å²) in [7, 11) is 0. The average molecular weight is 382 g/mol. The summed E-state index contributed by atoms with van der Waals surface area (Å²) < 4.78 is 0. The molecule has 0 bridgehead atoms. The van der Waals surface area contributed by atoms with Gasteiger partial charge in [0, 0.05) is 11.1 Å². The van der Waals surface area contributed by atoms with Crippen molar-refractivity contribution in [1.82, 2.24) is 5.32 Å². The van der Waals surface area contributed by atoms with E-state index in [-0.39, 0.29) is 18.6 Å². The second-order valence-electron chi connectivity index (χ2n) is 7.52. The highest BCUT2D eigenvalue weighted by molar-refractivity contribution is 6.24. The van der Waals surface area contributed by atoms with Gasteiger partial charge in [-0.25, -0.2) is 0 Å². The Morgan fingerprint density at radius 1 is 0.897 bits per heavy atom. The van der Waals surface area contributed by atoms with Crippen LogP contribution >= 0.6 is 0 Å². The highest BCUT2D eigenvalue weighted by Gasteiger charge is 2.25. The molecule has 2 aliphatic rings. The zero-order valence-electron chi connectivity index (χ0n) is 16.1. The SMILES string of the molecule is O=C(CON=C1c2ccccc2-c2ccccc21)NC1CCCc2ccccc21. The standard InChI is InChI=1S/C25H22N2O2/c28-24(26-23-15-7-9-17-8-1-2-10-18(17)23)16-29-27-25-21-13-5-3-11-19(21)20-12-4-6-14-22(20)25/h1-6,8,10-14,23H,7,9,15-16H2,(H,26,28). The minimum Gasteiger partial charge on any atom is -0.385 e. The number of oxime groups is 1. The lowest BCUT2D eigenvalue weighted by Gasteiger charge is -2.26. The van der Waals surface area contributed by atoms with Gasteiger partial charge in [0.15, 0.2) is 6.61 Å². The van der Waals surface area contributed by atoms with Crippen LogP contribution in [0.25, 0.3) is 11.1 Å². The summed E-state index contributed by atoms with van der Waals surface area (Å²) in [6.07, 6.45) is 3.11. The van der Waals surface area contributed by atoms with Gasteiger partial charge < -0.3 is 10.2 Å². The van der Waals surface area contributed by atoms with Crippen LogP contribution in [0.5, 0.6) is 0 Å². The van der Waals surface area contributed by atoms with Crippen LogP contribution in [0.1, 0.15) is 41.1 Å². The highest BCUT2D eigenvalue weighted by atomic mass is 16.6. The number of hydrogen-bond acceptors (Lipinski definition) is 3. The van der Waals surface area contributed by atoms with E-state index in [1.54, 1.807) is 0 Å². The monoisotopic (exact) mass is 382 g/mol. The predicted octanol–water partition coefficient (Wildman–Crippen LogP) is 4.63. The molecule has 1 N–H and O–H groups in total. The van der Waals surface area contributed by atoms with Gasteiger partial charge in [-0.05, 0) is 41.5 Å². The summed E-state index contributed by atoms with van der Waals surface area (Å²) in [5.41, 5.74) is 7.70. The summed E-state index contributed by atoms with van der Waals surface area (Å²) in [5.74, 6) is -0.143. The topological polar surface area (TPSA) is 50.7 Å². The van der Waals surface area contributed by atoms with E-state index in [9.17, 15) is 4.79 Å². The molecule has 2 aliphatic carbocycles. The molecule has 29 heavy (non-hydrogen) atoms. The van der Waals surface area contributed by atoms with Crippen LogP contribution in [0, 0.1) is 0 Å². The zero-order valence-corrected chi connectivity index (χ0v) is 16.1. The van der Waals surface area contributed by atoms with Crippen LogP contribution in [-0.4, -0.2) is 18.2 Å². The molecule has 0 fully saturated rings. The molecule has 0 saturated heterocycles. The third kappa shape index (κ3) is 3.31. The lowest BCUT2D eigenvalue weighted by molar-refractivity contribution is -0.126. The van der Waals surface area contributed by atoms with Gasteiger partial charge in [0.05, 0.1) is 6.04 Å². The van der Waals surface area contributed by atoms with Crippen molar-refractivity contribution in [1.29, 1.82) is 0 Å². The van der Waals surface area contributed by atoms with Crippen LogP contribution in [0.3, 0.4) is 0 Å². The number of fused-ring (bicyclic) bond motifs is 4. The first-order chi connectivity index (χ1) is 14.3.